The summed E-state index contributed by atoms with van der Waals surface area (Å²) in [5, 5.41) is 0. The molecule has 5 heteroatoms. The molecule has 0 spiro atoms. The Bertz CT molecular complexity index is 253. The Morgan fingerprint density at radius 1 is 1.29 bits per heavy atom. The highest BCUT2D eigenvalue weighted by Crippen LogP contribution is 1.97. The zero-order valence-electron chi connectivity index (χ0n) is 8.56. The average Bonchev–Trinajstić information content (AvgIpc) is 2.17. The van der Waals surface area contributed by atoms with Crippen LogP contribution >= 0.6 is 0 Å². The summed E-state index contributed by atoms with van der Waals surface area (Å²) >= 11 is 0. The van der Waals surface area contributed by atoms with E-state index < -0.39 is 0 Å². The minimum Gasteiger partial charge on any atom is -0.361 e. The van der Waals surface area contributed by atoms with Crippen LogP contribution in [0.3, 0.4) is 0 Å². The minimum atomic E-state index is -0.340. The molecule has 5 nitrogen and oxygen atoms in total. The van der Waals surface area contributed by atoms with Crippen molar-refractivity contribution in [1.29, 1.82) is 0 Å². The maximum absolute atomic E-state index is 11.4. The second kappa shape index (κ2) is 6.97. The summed E-state index contributed by atoms with van der Waals surface area (Å²) in [7, 11) is 0. The van der Waals surface area contributed by atoms with E-state index in [1.807, 2.05) is 13.8 Å². The zero-order valence-corrected chi connectivity index (χ0v) is 8.56. The van der Waals surface area contributed by atoms with Crippen molar-refractivity contribution in [2.75, 3.05) is 13.1 Å². The maximum Gasteiger partial charge on any atom is 0.323 e. The van der Waals surface area contributed by atoms with Crippen LogP contribution in [0.5, 0.6) is 0 Å². The predicted molar refractivity (Wildman–Crippen MR) is 51.9 cm³/mol. The molecule has 0 N–H and O–H groups in total. The van der Waals surface area contributed by atoms with Gasteiger partial charge in [-0.2, -0.15) is 4.79 Å². The lowest BCUT2D eigenvalue weighted by molar-refractivity contribution is -0.132. The quantitative estimate of drug-likeness (QED) is 0.353. The van der Waals surface area contributed by atoms with Gasteiger partial charge in [-0.05, 0) is 13.8 Å². The average molecular weight is 197 g/mol. The predicted octanol–water partition coefficient (Wildman–Crippen LogP) is 0.505. The van der Waals surface area contributed by atoms with Crippen molar-refractivity contribution in [3.8, 4) is 0 Å². The zero-order chi connectivity index (χ0) is 11.0. The fraction of sp³-hybridized carbons (Fsp3) is 0.667. The third-order valence-electron chi connectivity index (χ3n) is 1.90. The van der Waals surface area contributed by atoms with Crippen LogP contribution < -0.4 is 0 Å². The lowest BCUT2D eigenvalue weighted by Gasteiger charge is -2.17. The maximum atomic E-state index is 11.4. The second-order valence-electron chi connectivity index (χ2n) is 2.78. The van der Waals surface area contributed by atoms with Gasteiger partial charge in [0.2, 0.25) is 11.7 Å². The summed E-state index contributed by atoms with van der Waals surface area (Å²) in [6.45, 7) is 5.08. The van der Waals surface area contributed by atoms with Crippen molar-refractivity contribution >= 4 is 17.9 Å². The molecule has 0 unspecified atom stereocenters. The van der Waals surface area contributed by atoms with Gasteiger partial charge in [0.1, 0.15) is 0 Å². The van der Waals surface area contributed by atoms with Gasteiger partial charge >= 0.3 is 6.21 Å². The Balaban J connectivity index is 3.95. The van der Waals surface area contributed by atoms with Gasteiger partial charge in [-0.15, -0.1) is 0 Å². The number of nitrogens with zero attached hydrogens (tertiary/aromatic N) is 3. The molecule has 0 rings (SSSR count). The van der Waals surface area contributed by atoms with Crippen LogP contribution in [0.1, 0.15) is 26.7 Å². The molecule has 0 aliphatic heterocycles. The van der Waals surface area contributed by atoms with E-state index in [9.17, 15) is 9.59 Å². The van der Waals surface area contributed by atoms with E-state index in [-0.39, 0.29) is 24.5 Å². The van der Waals surface area contributed by atoms with Crippen LogP contribution in [0.4, 0.5) is 0 Å². The molecule has 0 saturated carbocycles. The molecule has 14 heavy (non-hydrogen) atoms. The highest BCUT2D eigenvalue weighted by atomic mass is 16.2. The van der Waals surface area contributed by atoms with E-state index in [1.165, 1.54) is 0 Å². The number of hydrogen-bond donors (Lipinski definition) is 0. The van der Waals surface area contributed by atoms with E-state index in [4.69, 9.17) is 5.53 Å². The third-order valence-corrected chi connectivity index (χ3v) is 1.90. The highest BCUT2D eigenvalue weighted by molar-refractivity contribution is 6.25. The Kier molecular flexibility index (Phi) is 6.24. The van der Waals surface area contributed by atoms with E-state index in [1.54, 1.807) is 4.90 Å². The van der Waals surface area contributed by atoms with Crippen molar-refractivity contribution in [2.24, 2.45) is 0 Å². The molecule has 1 amide bonds. The lowest BCUT2D eigenvalue weighted by Crippen LogP contribution is -2.30. The first-order valence-electron chi connectivity index (χ1n) is 4.63. The fourth-order valence-electron chi connectivity index (χ4n) is 1.09. The first kappa shape index (κ1) is 12.5. The van der Waals surface area contributed by atoms with Gasteiger partial charge in [0.15, 0.2) is 0 Å². The molecule has 0 aliphatic rings. The van der Waals surface area contributed by atoms with Gasteiger partial charge < -0.3 is 10.4 Å². The van der Waals surface area contributed by atoms with Gasteiger partial charge in [0.05, 0.1) is 0 Å². The summed E-state index contributed by atoms with van der Waals surface area (Å²) in [5.41, 5.74) is 8.06. The van der Waals surface area contributed by atoms with Gasteiger partial charge in [-0.1, -0.05) is 0 Å². The molecule has 0 atom stereocenters. The van der Waals surface area contributed by atoms with Crippen LogP contribution in [0.25, 0.3) is 5.53 Å². The molecule has 0 bridgehead atoms. The molecule has 0 aromatic rings. The number of rotatable bonds is 6. The normalized spacial score (nSPS) is 9.00. The van der Waals surface area contributed by atoms with Crippen LogP contribution in [0.2, 0.25) is 0 Å². The monoisotopic (exact) mass is 197 g/mol. The molecule has 0 aromatic heterocycles. The molecular formula is C9H15N3O2. The smallest absolute Gasteiger partial charge is 0.323 e. The van der Waals surface area contributed by atoms with Crippen LogP contribution in [-0.4, -0.2) is 40.7 Å². The van der Waals surface area contributed by atoms with Crippen molar-refractivity contribution in [2.45, 2.75) is 26.7 Å². The molecule has 0 radical (unpaired) electrons. The number of carbonyl (C=O) groups excluding carboxylic acids is 2. The molecule has 0 aromatic carbocycles. The Morgan fingerprint density at radius 3 is 2.29 bits per heavy atom. The SMILES string of the molecule is CCN(CC)C(=O)CCC(=O)C=[N+]=[N-]. The van der Waals surface area contributed by atoms with Crippen molar-refractivity contribution in [3.63, 3.8) is 0 Å². The van der Waals surface area contributed by atoms with Crippen molar-refractivity contribution in [3.05, 3.63) is 5.53 Å². The van der Waals surface area contributed by atoms with Crippen molar-refractivity contribution < 1.29 is 14.4 Å². The first-order chi connectivity index (χ1) is 6.65. The number of amides is 1. The van der Waals surface area contributed by atoms with Crippen LogP contribution in [0, 0.1) is 0 Å². The lowest BCUT2D eigenvalue weighted by atomic mass is 10.2. The summed E-state index contributed by atoms with van der Waals surface area (Å²) in [6.07, 6.45) is 1.08. The molecule has 0 heterocycles. The molecular weight excluding hydrogens is 182 g/mol. The van der Waals surface area contributed by atoms with E-state index in [0.717, 1.165) is 6.21 Å². The first-order valence-corrected chi connectivity index (χ1v) is 4.63. The van der Waals surface area contributed by atoms with Crippen LogP contribution in [0.15, 0.2) is 0 Å². The summed E-state index contributed by atoms with van der Waals surface area (Å²) < 4.78 is 0. The van der Waals surface area contributed by atoms with E-state index in [2.05, 4.69) is 4.79 Å². The summed E-state index contributed by atoms with van der Waals surface area (Å²) in [6, 6.07) is 0. The number of Topliss-reactive ketones (excluding diaryl/α,β-unsaturated/α-hetero) is 1. The molecule has 0 aliphatic carbocycles. The van der Waals surface area contributed by atoms with Crippen LogP contribution in [-0.2, 0) is 9.59 Å². The van der Waals surface area contributed by atoms with Gasteiger partial charge in [0, 0.05) is 25.9 Å². The minimum absolute atomic E-state index is 0.0466. The standard InChI is InChI=1S/C9H15N3O2/c1-3-12(4-2)9(14)6-5-8(13)7-11-10/h7H,3-6H2,1-2H3. The number of carbonyl (C=O) groups is 2. The molecule has 0 saturated heterocycles. The fourth-order valence-corrected chi connectivity index (χ4v) is 1.09. The van der Waals surface area contributed by atoms with Gasteiger partial charge in [-0.25, -0.2) is 0 Å². The largest absolute Gasteiger partial charge is 0.361 e. The Labute approximate surface area is 83.3 Å². The third kappa shape index (κ3) is 4.52. The second-order valence-corrected chi connectivity index (χ2v) is 2.78. The topological polar surface area (TPSA) is 73.8 Å². The highest BCUT2D eigenvalue weighted by Gasteiger charge is 2.12. The summed E-state index contributed by atoms with van der Waals surface area (Å²) in [4.78, 5) is 26.5. The molecule has 0 fully saturated rings. The Morgan fingerprint density at radius 2 is 1.86 bits per heavy atom. The van der Waals surface area contributed by atoms with E-state index in [0.29, 0.717) is 13.1 Å². The number of ketones is 1. The Hall–Kier alpha value is -1.48. The van der Waals surface area contributed by atoms with Gasteiger partial charge in [0.25, 0.3) is 0 Å². The molecule has 78 valence electrons. The van der Waals surface area contributed by atoms with Gasteiger partial charge in [-0.3, -0.25) is 9.59 Å². The van der Waals surface area contributed by atoms with Crippen molar-refractivity contribution in [1.82, 2.24) is 4.90 Å². The summed E-state index contributed by atoms with van der Waals surface area (Å²) in [5.74, 6) is -0.386. The number of hydrogen-bond acceptors (Lipinski definition) is 2. The van der Waals surface area contributed by atoms with E-state index >= 15 is 0 Å².